The molecule has 1 N–H and O–H groups in total. The zero-order valence-corrected chi connectivity index (χ0v) is 11.4. The molecule has 0 aromatic heterocycles. The molecule has 100 valence electrons. The number of methoxy groups -OCH3 is 1. The number of benzene rings is 1. The summed E-state index contributed by atoms with van der Waals surface area (Å²) in [5, 5.41) is 9.67. The Hall–Kier alpha value is -1.71. The van der Waals surface area contributed by atoms with Gasteiger partial charge in [0.05, 0.1) is 7.11 Å². The fraction of sp³-hybridized carbons (Fsp3) is 0.500. The van der Waals surface area contributed by atoms with Crippen LogP contribution in [0.2, 0.25) is 0 Å². The van der Waals surface area contributed by atoms with E-state index in [2.05, 4.69) is 6.92 Å². The third-order valence-corrected chi connectivity index (χ3v) is 3.11. The van der Waals surface area contributed by atoms with Gasteiger partial charge in [-0.05, 0) is 31.5 Å². The molecule has 0 heterocycles. The van der Waals surface area contributed by atoms with Gasteiger partial charge in [0.25, 0.3) is 5.91 Å². The average molecular weight is 251 g/mol. The molecule has 0 aliphatic carbocycles. The van der Waals surface area contributed by atoms with Crippen molar-refractivity contribution < 1.29 is 14.6 Å². The van der Waals surface area contributed by atoms with Gasteiger partial charge in [-0.25, -0.2) is 0 Å². The van der Waals surface area contributed by atoms with Crippen molar-refractivity contribution in [1.82, 2.24) is 4.90 Å². The fourth-order valence-corrected chi connectivity index (χ4v) is 1.84. The van der Waals surface area contributed by atoms with Gasteiger partial charge in [-0.2, -0.15) is 0 Å². The number of rotatable bonds is 5. The van der Waals surface area contributed by atoms with Crippen LogP contribution in [0.3, 0.4) is 0 Å². The zero-order valence-electron chi connectivity index (χ0n) is 11.4. The van der Waals surface area contributed by atoms with Crippen LogP contribution >= 0.6 is 0 Å². The number of phenols is 1. The van der Waals surface area contributed by atoms with E-state index in [1.807, 2.05) is 6.92 Å². The fourth-order valence-electron chi connectivity index (χ4n) is 1.84. The quantitative estimate of drug-likeness (QED) is 0.875. The van der Waals surface area contributed by atoms with Crippen molar-refractivity contribution >= 4 is 5.91 Å². The SMILES string of the molecule is CCCC(C)N(C)C(=O)c1ccc(OC)c(O)c1. The first kappa shape index (κ1) is 14.4. The highest BCUT2D eigenvalue weighted by Gasteiger charge is 2.18. The van der Waals surface area contributed by atoms with Crippen molar-refractivity contribution in [2.24, 2.45) is 0 Å². The normalized spacial score (nSPS) is 12.0. The van der Waals surface area contributed by atoms with Crippen LogP contribution in [-0.4, -0.2) is 36.1 Å². The Kier molecular flexibility index (Phi) is 5.01. The summed E-state index contributed by atoms with van der Waals surface area (Å²) in [6, 6.07) is 4.89. The number of carbonyl (C=O) groups excluding carboxylic acids is 1. The number of hydrogen-bond donors (Lipinski definition) is 1. The molecule has 0 fully saturated rings. The Bertz CT molecular complexity index is 418. The van der Waals surface area contributed by atoms with Gasteiger partial charge in [-0.15, -0.1) is 0 Å². The standard InChI is InChI=1S/C14H21NO3/c1-5-6-10(2)15(3)14(17)11-7-8-13(18-4)12(16)9-11/h7-10,16H,5-6H2,1-4H3. The van der Waals surface area contributed by atoms with Crippen molar-refractivity contribution in [1.29, 1.82) is 0 Å². The number of nitrogens with zero attached hydrogens (tertiary/aromatic N) is 1. The van der Waals surface area contributed by atoms with E-state index in [1.54, 1.807) is 24.1 Å². The van der Waals surface area contributed by atoms with Crippen LogP contribution < -0.4 is 4.74 Å². The number of hydrogen-bond acceptors (Lipinski definition) is 3. The van der Waals surface area contributed by atoms with Crippen LogP contribution in [0.5, 0.6) is 11.5 Å². The average Bonchev–Trinajstić information content (AvgIpc) is 2.37. The molecule has 0 aliphatic heterocycles. The van der Waals surface area contributed by atoms with E-state index < -0.39 is 0 Å². The molecule has 1 unspecified atom stereocenters. The molecule has 4 heteroatoms. The van der Waals surface area contributed by atoms with Crippen molar-refractivity contribution in [3.8, 4) is 11.5 Å². The maximum Gasteiger partial charge on any atom is 0.253 e. The minimum atomic E-state index is -0.0890. The molecular weight excluding hydrogens is 230 g/mol. The van der Waals surface area contributed by atoms with Crippen molar-refractivity contribution in [2.75, 3.05) is 14.2 Å². The number of amides is 1. The van der Waals surface area contributed by atoms with E-state index in [4.69, 9.17) is 4.74 Å². The number of ether oxygens (including phenoxy) is 1. The van der Waals surface area contributed by atoms with Gasteiger partial charge in [0.2, 0.25) is 0 Å². The smallest absolute Gasteiger partial charge is 0.253 e. The summed E-state index contributed by atoms with van der Waals surface area (Å²) in [4.78, 5) is 13.9. The first-order valence-corrected chi connectivity index (χ1v) is 6.15. The number of aromatic hydroxyl groups is 1. The highest BCUT2D eigenvalue weighted by atomic mass is 16.5. The Balaban J connectivity index is 2.87. The largest absolute Gasteiger partial charge is 0.504 e. The molecule has 18 heavy (non-hydrogen) atoms. The van der Waals surface area contributed by atoms with E-state index in [9.17, 15) is 9.90 Å². The monoisotopic (exact) mass is 251 g/mol. The summed E-state index contributed by atoms with van der Waals surface area (Å²) in [6.45, 7) is 4.11. The highest BCUT2D eigenvalue weighted by Crippen LogP contribution is 2.26. The third-order valence-electron chi connectivity index (χ3n) is 3.11. The van der Waals surface area contributed by atoms with Gasteiger partial charge in [0.1, 0.15) is 0 Å². The van der Waals surface area contributed by atoms with Gasteiger partial charge in [0.15, 0.2) is 11.5 Å². The van der Waals surface area contributed by atoms with Crippen molar-refractivity contribution in [3.05, 3.63) is 23.8 Å². The van der Waals surface area contributed by atoms with Crippen LogP contribution in [0.4, 0.5) is 0 Å². The van der Waals surface area contributed by atoms with Gasteiger partial charge < -0.3 is 14.7 Å². The van der Waals surface area contributed by atoms with E-state index in [1.165, 1.54) is 13.2 Å². The first-order chi connectivity index (χ1) is 8.51. The lowest BCUT2D eigenvalue weighted by atomic mass is 10.1. The first-order valence-electron chi connectivity index (χ1n) is 6.15. The minimum Gasteiger partial charge on any atom is -0.504 e. The van der Waals surface area contributed by atoms with E-state index in [-0.39, 0.29) is 17.7 Å². The molecule has 0 saturated heterocycles. The second-order valence-electron chi connectivity index (χ2n) is 4.44. The summed E-state index contributed by atoms with van der Waals surface area (Å²) >= 11 is 0. The predicted octanol–water partition coefficient (Wildman–Crippen LogP) is 2.66. The van der Waals surface area contributed by atoms with Gasteiger partial charge in [-0.1, -0.05) is 13.3 Å². The summed E-state index contributed by atoms with van der Waals surface area (Å²) in [6.07, 6.45) is 2.00. The molecule has 1 aromatic rings. The molecular formula is C14H21NO3. The third kappa shape index (κ3) is 3.15. The molecule has 4 nitrogen and oxygen atoms in total. The lowest BCUT2D eigenvalue weighted by Crippen LogP contribution is -2.34. The molecule has 1 rings (SSSR count). The van der Waals surface area contributed by atoms with Crippen LogP contribution in [-0.2, 0) is 0 Å². The minimum absolute atomic E-state index is 0.0140. The Morgan fingerprint density at radius 3 is 2.67 bits per heavy atom. The van der Waals surface area contributed by atoms with E-state index in [0.717, 1.165) is 12.8 Å². The second-order valence-corrected chi connectivity index (χ2v) is 4.44. The molecule has 1 atom stereocenters. The second kappa shape index (κ2) is 6.28. The number of phenolic OH excluding ortho intramolecular Hbond substituents is 1. The lowest BCUT2D eigenvalue weighted by molar-refractivity contribution is 0.0736. The summed E-state index contributed by atoms with van der Waals surface area (Å²) in [7, 11) is 3.26. The van der Waals surface area contributed by atoms with Gasteiger partial charge in [-0.3, -0.25) is 4.79 Å². The Labute approximate surface area is 108 Å². The van der Waals surface area contributed by atoms with Crippen molar-refractivity contribution in [3.63, 3.8) is 0 Å². The Morgan fingerprint density at radius 1 is 1.50 bits per heavy atom. The molecule has 1 amide bonds. The van der Waals surface area contributed by atoms with Crippen LogP contribution in [0.25, 0.3) is 0 Å². The molecule has 1 aromatic carbocycles. The molecule has 0 spiro atoms. The van der Waals surface area contributed by atoms with Crippen LogP contribution in [0, 0.1) is 0 Å². The van der Waals surface area contributed by atoms with E-state index >= 15 is 0 Å². The van der Waals surface area contributed by atoms with E-state index in [0.29, 0.717) is 11.3 Å². The zero-order chi connectivity index (χ0) is 13.7. The predicted molar refractivity (Wildman–Crippen MR) is 71.1 cm³/mol. The Morgan fingerprint density at radius 2 is 2.17 bits per heavy atom. The molecule has 0 saturated carbocycles. The molecule has 0 aliphatic rings. The maximum atomic E-state index is 12.2. The lowest BCUT2D eigenvalue weighted by Gasteiger charge is -2.24. The number of carbonyl (C=O) groups is 1. The highest BCUT2D eigenvalue weighted by molar-refractivity contribution is 5.94. The van der Waals surface area contributed by atoms with Crippen LogP contribution in [0.1, 0.15) is 37.0 Å². The topological polar surface area (TPSA) is 49.8 Å². The maximum absolute atomic E-state index is 12.2. The molecule has 0 radical (unpaired) electrons. The van der Waals surface area contributed by atoms with Gasteiger partial charge >= 0.3 is 0 Å². The summed E-state index contributed by atoms with van der Waals surface area (Å²) in [5.41, 5.74) is 0.471. The van der Waals surface area contributed by atoms with Crippen LogP contribution in [0.15, 0.2) is 18.2 Å². The summed E-state index contributed by atoms with van der Waals surface area (Å²) < 4.78 is 4.95. The van der Waals surface area contributed by atoms with Crippen molar-refractivity contribution in [2.45, 2.75) is 32.7 Å². The van der Waals surface area contributed by atoms with Gasteiger partial charge in [0, 0.05) is 18.7 Å². The molecule has 0 bridgehead atoms. The summed E-state index contributed by atoms with van der Waals surface area (Å²) in [5.74, 6) is 0.268.